The molecule has 7 heteroatoms. The van der Waals surface area contributed by atoms with E-state index in [1.165, 1.54) is 11.8 Å². The quantitative estimate of drug-likeness (QED) is 0.815. The molecule has 0 saturated heterocycles. The maximum absolute atomic E-state index is 10.9. The van der Waals surface area contributed by atoms with Gasteiger partial charge < -0.3 is 5.11 Å². The molecule has 0 saturated carbocycles. The van der Waals surface area contributed by atoms with E-state index in [0.717, 1.165) is 23.7 Å². The van der Waals surface area contributed by atoms with Crippen LogP contribution in [-0.2, 0) is 12.3 Å². The van der Waals surface area contributed by atoms with Crippen molar-refractivity contribution in [2.24, 2.45) is 0 Å². The van der Waals surface area contributed by atoms with Gasteiger partial charge in [-0.05, 0) is 35.0 Å². The second kappa shape index (κ2) is 6.33. The molecule has 1 heterocycles. The highest BCUT2D eigenvalue weighted by Crippen LogP contribution is 2.22. The van der Waals surface area contributed by atoms with Crippen LogP contribution in [0.2, 0.25) is 0 Å². The summed E-state index contributed by atoms with van der Waals surface area (Å²) in [6.45, 7) is 2.85. The lowest BCUT2D eigenvalue weighted by Crippen LogP contribution is -2.04. The lowest BCUT2D eigenvalue weighted by atomic mass is 10.2. The fraction of sp³-hybridized carbons (Fsp3) is 0.333. The third-order valence-electron chi connectivity index (χ3n) is 2.49. The number of benzene rings is 1. The van der Waals surface area contributed by atoms with E-state index in [0.29, 0.717) is 5.75 Å². The van der Waals surface area contributed by atoms with Crippen LogP contribution in [0.4, 0.5) is 0 Å². The summed E-state index contributed by atoms with van der Waals surface area (Å²) < 4.78 is 1.77. The van der Waals surface area contributed by atoms with Crippen molar-refractivity contribution in [2.75, 3.05) is 0 Å². The Morgan fingerprint density at radius 1 is 1.47 bits per heavy atom. The minimum atomic E-state index is -0.918. The Balaban J connectivity index is 2.04. The highest BCUT2D eigenvalue weighted by Gasteiger charge is 2.07. The van der Waals surface area contributed by atoms with Gasteiger partial charge in [-0.2, -0.15) is 0 Å². The zero-order valence-corrected chi connectivity index (χ0v) is 11.3. The second-order valence-electron chi connectivity index (χ2n) is 3.94. The van der Waals surface area contributed by atoms with E-state index < -0.39 is 5.97 Å². The molecule has 0 unspecified atom stereocenters. The first-order valence-electron chi connectivity index (χ1n) is 5.92. The third kappa shape index (κ3) is 3.54. The van der Waals surface area contributed by atoms with E-state index in [2.05, 4.69) is 22.4 Å². The molecule has 100 valence electrons. The van der Waals surface area contributed by atoms with Crippen molar-refractivity contribution in [2.45, 2.75) is 30.5 Å². The molecule has 0 atom stereocenters. The molecule has 0 spiro atoms. The zero-order valence-electron chi connectivity index (χ0n) is 10.5. The largest absolute Gasteiger partial charge is 0.478 e. The summed E-state index contributed by atoms with van der Waals surface area (Å²) in [5.74, 6) is 0.502. The van der Waals surface area contributed by atoms with Crippen LogP contribution >= 0.6 is 11.8 Å². The SMILES string of the molecule is CCCn1nnnc1CSc1cccc(C(=O)O)c1. The first kappa shape index (κ1) is 13.5. The number of hydrogen-bond acceptors (Lipinski definition) is 5. The standard InChI is InChI=1S/C12H14N4O2S/c1-2-6-16-11(13-14-15-16)8-19-10-5-3-4-9(7-10)12(17)18/h3-5,7H,2,6,8H2,1H3,(H,17,18). The molecule has 19 heavy (non-hydrogen) atoms. The molecule has 1 N–H and O–H groups in total. The average molecular weight is 278 g/mol. The number of carboxylic acids is 1. The highest BCUT2D eigenvalue weighted by atomic mass is 32.2. The fourth-order valence-electron chi connectivity index (χ4n) is 1.58. The number of thioether (sulfide) groups is 1. The number of rotatable bonds is 6. The molecule has 6 nitrogen and oxygen atoms in total. The van der Waals surface area contributed by atoms with Crippen molar-refractivity contribution >= 4 is 17.7 Å². The lowest BCUT2D eigenvalue weighted by molar-refractivity contribution is 0.0696. The second-order valence-corrected chi connectivity index (χ2v) is 4.99. The number of tetrazole rings is 1. The van der Waals surface area contributed by atoms with Crippen LogP contribution in [0.5, 0.6) is 0 Å². The van der Waals surface area contributed by atoms with Gasteiger partial charge in [0.2, 0.25) is 0 Å². The maximum Gasteiger partial charge on any atom is 0.335 e. The van der Waals surface area contributed by atoms with Gasteiger partial charge in [0.25, 0.3) is 0 Å². The summed E-state index contributed by atoms with van der Waals surface area (Å²) in [6, 6.07) is 6.85. The molecule has 2 rings (SSSR count). The number of hydrogen-bond donors (Lipinski definition) is 1. The molecular weight excluding hydrogens is 264 g/mol. The number of carbonyl (C=O) groups is 1. The smallest absolute Gasteiger partial charge is 0.335 e. The van der Waals surface area contributed by atoms with E-state index in [4.69, 9.17) is 5.11 Å². The lowest BCUT2D eigenvalue weighted by Gasteiger charge is -2.03. The van der Waals surface area contributed by atoms with Gasteiger partial charge in [-0.25, -0.2) is 9.48 Å². The van der Waals surface area contributed by atoms with Crippen molar-refractivity contribution in [3.63, 3.8) is 0 Å². The van der Waals surface area contributed by atoms with Crippen molar-refractivity contribution in [3.05, 3.63) is 35.7 Å². The fourth-order valence-corrected chi connectivity index (χ4v) is 2.47. The summed E-state index contributed by atoms with van der Waals surface area (Å²) in [5.41, 5.74) is 0.290. The van der Waals surface area contributed by atoms with Crippen LogP contribution in [0.3, 0.4) is 0 Å². The normalized spacial score (nSPS) is 10.6. The van der Waals surface area contributed by atoms with Crippen LogP contribution in [-0.4, -0.2) is 31.3 Å². The molecule has 1 aromatic heterocycles. The number of aromatic nitrogens is 4. The van der Waals surface area contributed by atoms with Gasteiger partial charge in [-0.3, -0.25) is 0 Å². The summed E-state index contributed by atoms with van der Waals surface area (Å²) in [5, 5.41) is 20.5. The Morgan fingerprint density at radius 3 is 3.05 bits per heavy atom. The molecule has 0 amide bonds. The Hall–Kier alpha value is -1.89. The molecule has 1 aromatic carbocycles. The van der Waals surface area contributed by atoms with Gasteiger partial charge in [0.05, 0.1) is 11.3 Å². The van der Waals surface area contributed by atoms with Gasteiger partial charge in [0.15, 0.2) is 5.82 Å². The molecule has 2 aromatic rings. The van der Waals surface area contributed by atoms with Gasteiger partial charge in [0.1, 0.15) is 0 Å². The molecule has 0 radical (unpaired) electrons. The third-order valence-corrected chi connectivity index (χ3v) is 3.48. The molecule has 0 bridgehead atoms. The van der Waals surface area contributed by atoms with Gasteiger partial charge in [0, 0.05) is 11.4 Å². The van der Waals surface area contributed by atoms with E-state index >= 15 is 0 Å². The van der Waals surface area contributed by atoms with E-state index in [9.17, 15) is 4.79 Å². The number of aryl methyl sites for hydroxylation is 1. The molecule has 0 aliphatic heterocycles. The van der Waals surface area contributed by atoms with Crippen molar-refractivity contribution in [1.82, 2.24) is 20.2 Å². The molecule has 0 aliphatic rings. The first-order valence-corrected chi connectivity index (χ1v) is 6.90. The summed E-state index contributed by atoms with van der Waals surface area (Å²) in [4.78, 5) is 11.8. The minimum absolute atomic E-state index is 0.290. The molecular formula is C12H14N4O2S. The van der Waals surface area contributed by atoms with Crippen LogP contribution in [0, 0.1) is 0 Å². The first-order chi connectivity index (χ1) is 9.20. The Morgan fingerprint density at radius 2 is 2.32 bits per heavy atom. The summed E-state index contributed by atoms with van der Waals surface area (Å²) in [6.07, 6.45) is 0.969. The molecule has 0 fully saturated rings. The Kier molecular flexibility index (Phi) is 4.51. The van der Waals surface area contributed by atoms with Crippen LogP contribution in [0.25, 0.3) is 0 Å². The van der Waals surface area contributed by atoms with Crippen LogP contribution in [0.15, 0.2) is 29.2 Å². The predicted octanol–water partition coefficient (Wildman–Crippen LogP) is 2.07. The van der Waals surface area contributed by atoms with Crippen LogP contribution in [0.1, 0.15) is 29.5 Å². The number of carboxylic acid groups (broad SMARTS) is 1. The predicted molar refractivity (Wildman–Crippen MR) is 71.1 cm³/mol. The van der Waals surface area contributed by atoms with Gasteiger partial charge in [-0.1, -0.05) is 13.0 Å². The monoisotopic (exact) mass is 278 g/mol. The summed E-state index contributed by atoms with van der Waals surface area (Å²) in [7, 11) is 0. The summed E-state index contributed by atoms with van der Waals surface area (Å²) >= 11 is 1.52. The average Bonchev–Trinajstić information content (AvgIpc) is 2.85. The van der Waals surface area contributed by atoms with Gasteiger partial charge >= 0.3 is 5.97 Å². The van der Waals surface area contributed by atoms with Crippen LogP contribution < -0.4 is 0 Å². The zero-order chi connectivity index (χ0) is 13.7. The van der Waals surface area contributed by atoms with E-state index in [-0.39, 0.29) is 5.56 Å². The van der Waals surface area contributed by atoms with E-state index in [1.807, 2.05) is 6.07 Å². The number of nitrogens with zero attached hydrogens (tertiary/aromatic N) is 4. The maximum atomic E-state index is 10.9. The highest BCUT2D eigenvalue weighted by molar-refractivity contribution is 7.98. The Labute approximate surface area is 114 Å². The van der Waals surface area contributed by atoms with E-state index in [1.54, 1.807) is 22.9 Å². The topological polar surface area (TPSA) is 80.9 Å². The number of aromatic carboxylic acids is 1. The molecule has 0 aliphatic carbocycles. The van der Waals surface area contributed by atoms with Crippen molar-refractivity contribution in [3.8, 4) is 0 Å². The van der Waals surface area contributed by atoms with Crippen molar-refractivity contribution in [1.29, 1.82) is 0 Å². The van der Waals surface area contributed by atoms with Crippen molar-refractivity contribution < 1.29 is 9.90 Å². The van der Waals surface area contributed by atoms with Gasteiger partial charge in [-0.15, -0.1) is 16.9 Å². The minimum Gasteiger partial charge on any atom is -0.478 e. The Bertz CT molecular complexity index is 570.